The number of unbranched alkanes of at least 4 members (excludes halogenated alkanes) is 1. The zero-order valence-electron chi connectivity index (χ0n) is 17.6. The van der Waals surface area contributed by atoms with Crippen molar-refractivity contribution in [2.45, 2.75) is 19.8 Å². The number of carbonyl (C=O) groups is 4. The van der Waals surface area contributed by atoms with Crippen LogP contribution >= 0.6 is 0 Å². The molecule has 0 aliphatic carbocycles. The van der Waals surface area contributed by atoms with Gasteiger partial charge in [0.2, 0.25) is 5.78 Å². The number of amides is 2. The van der Waals surface area contributed by atoms with Gasteiger partial charge < -0.3 is 14.2 Å². The molecule has 3 rings (SSSR count). The Morgan fingerprint density at radius 2 is 1.68 bits per heavy atom. The maximum Gasteiger partial charge on any atom is 0.338 e. The molecule has 162 valence electrons. The largest absolute Gasteiger partial charge is 0.497 e. The molecule has 0 unspecified atom stereocenters. The molecule has 2 amide bonds. The van der Waals surface area contributed by atoms with Gasteiger partial charge in [-0.3, -0.25) is 19.3 Å². The smallest absolute Gasteiger partial charge is 0.338 e. The van der Waals surface area contributed by atoms with E-state index in [0.29, 0.717) is 24.5 Å². The Balaban J connectivity index is 1.70. The molecule has 0 radical (unpaired) electrons. The number of rotatable bonds is 9. The molecule has 0 bridgehead atoms. The quantitative estimate of drug-likeness (QED) is 0.346. The van der Waals surface area contributed by atoms with Crippen LogP contribution in [0.15, 0.2) is 36.4 Å². The number of hydrogen-bond donors (Lipinski definition) is 0. The highest BCUT2D eigenvalue weighted by Gasteiger charge is 2.35. The van der Waals surface area contributed by atoms with E-state index in [-0.39, 0.29) is 28.2 Å². The third-order valence-corrected chi connectivity index (χ3v) is 4.99. The van der Waals surface area contributed by atoms with Crippen LogP contribution in [0.1, 0.15) is 61.2 Å². The monoisotopic (exact) mass is 425 g/mol. The minimum Gasteiger partial charge on any atom is -0.497 e. The summed E-state index contributed by atoms with van der Waals surface area (Å²) >= 11 is 0. The topological polar surface area (TPSA) is 99.2 Å². The number of methoxy groups -OCH3 is 2. The Morgan fingerprint density at radius 1 is 0.935 bits per heavy atom. The molecule has 1 aliphatic rings. The minimum atomic E-state index is -0.768. The molecule has 0 aromatic heterocycles. The van der Waals surface area contributed by atoms with E-state index < -0.39 is 24.3 Å². The first-order valence-electron chi connectivity index (χ1n) is 9.83. The lowest BCUT2D eigenvalue weighted by atomic mass is 10.1. The number of ketones is 1. The van der Waals surface area contributed by atoms with Gasteiger partial charge in [-0.05, 0) is 36.8 Å². The van der Waals surface area contributed by atoms with E-state index >= 15 is 0 Å². The van der Waals surface area contributed by atoms with E-state index in [1.54, 1.807) is 12.1 Å². The second-order valence-electron chi connectivity index (χ2n) is 6.94. The summed E-state index contributed by atoms with van der Waals surface area (Å²) in [5.74, 6) is -1.19. The number of ether oxygens (including phenoxy) is 3. The summed E-state index contributed by atoms with van der Waals surface area (Å²) in [7, 11) is 2.92. The van der Waals surface area contributed by atoms with Crippen molar-refractivity contribution in [1.82, 2.24) is 4.90 Å². The van der Waals surface area contributed by atoms with Crippen molar-refractivity contribution < 1.29 is 33.4 Å². The number of esters is 1. The number of benzene rings is 2. The minimum absolute atomic E-state index is 0.0896. The molecule has 0 atom stereocenters. The molecule has 0 saturated heterocycles. The van der Waals surface area contributed by atoms with Crippen LogP contribution in [0.5, 0.6) is 11.5 Å². The number of hydrogen-bond acceptors (Lipinski definition) is 7. The molecule has 0 spiro atoms. The van der Waals surface area contributed by atoms with Gasteiger partial charge in [0.05, 0.1) is 36.5 Å². The predicted octanol–water partition coefficient (Wildman–Crippen LogP) is 3.14. The molecule has 31 heavy (non-hydrogen) atoms. The van der Waals surface area contributed by atoms with E-state index in [2.05, 4.69) is 0 Å². The first kappa shape index (κ1) is 22.0. The summed E-state index contributed by atoms with van der Waals surface area (Å²) in [5.41, 5.74) is 0.763. The number of carbonyl (C=O) groups excluding carboxylic acids is 4. The molecule has 1 aliphatic heterocycles. The first-order chi connectivity index (χ1) is 14.9. The first-order valence-corrected chi connectivity index (χ1v) is 9.83. The van der Waals surface area contributed by atoms with Crippen LogP contribution in [0.3, 0.4) is 0 Å². The summed E-state index contributed by atoms with van der Waals surface area (Å²) in [6.45, 7) is 1.80. The maximum atomic E-state index is 12.5. The standard InChI is InChI=1S/C23H23NO7/c1-4-5-10-24-21(26)16-8-6-14(11-18(16)22(24)27)23(28)31-13-19(25)17-9-7-15(29-2)12-20(17)30-3/h6-9,11-12H,4-5,10,13H2,1-3H3. The molecule has 1 heterocycles. The number of fused-ring (bicyclic) bond motifs is 1. The Kier molecular flexibility index (Phi) is 6.69. The predicted molar refractivity (Wildman–Crippen MR) is 111 cm³/mol. The lowest BCUT2D eigenvalue weighted by Gasteiger charge is -2.12. The van der Waals surface area contributed by atoms with Crippen LogP contribution in [-0.2, 0) is 4.74 Å². The van der Waals surface area contributed by atoms with Crippen LogP contribution < -0.4 is 9.47 Å². The summed E-state index contributed by atoms with van der Waals surface area (Å²) < 4.78 is 15.4. The van der Waals surface area contributed by atoms with Crippen molar-refractivity contribution >= 4 is 23.6 Å². The molecule has 0 saturated carbocycles. The van der Waals surface area contributed by atoms with Gasteiger partial charge in [-0.1, -0.05) is 13.3 Å². The summed E-state index contributed by atoms with van der Waals surface area (Å²) in [5, 5.41) is 0. The molecular formula is C23H23NO7. The number of nitrogens with zero attached hydrogens (tertiary/aromatic N) is 1. The second kappa shape index (κ2) is 9.42. The zero-order valence-corrected chi connectivity index (χ0v) is 17.6. The molecule has 8 nitrogen and oxygen atoms in total. The maximum absolute atomic E-state index is 12.5. The molecular weight excluding hydrogens is 402 g/mol. The van der Waals surface area contributed by atoms with Crippen molar-refractivity contribution in [3.63, 3.8) is 0 Å². The van der Waals surface area contributed by atoms with Gasteiger partial charge in [0.15, 0.2) is 6.61 Å². The average molecular weight is 425 g/mol. The van der Waals surface area contributed by atoms with Crippen LogP contribution in [0.2, 0.25) is 0 Å². The van der Waals surface area contributed by atoms with Crippen LogP contribution in [0, 0.1) is 0 Å². The molecule has 8 heteroatoms. The fourth-order valence-electron chi connectivity index (χ4n) is 3.26. The number of Topliss-reactive ketones (excluding diaryl/α,β-unsaturated/α-hetero) is 1. The molecule has 0 N–H and O–H groups in total. The Bertz CT molecular complexity index is 1040. The van der Waals surface area contributed by atoms with E-state index in [4.69, 9.17) is 14.2 Å². The van der Waals surface area contributed by atoms with E-state index in [0.717, 1.165) is 6.42 Å². The Morgan fingerprint density at radius 3 is 2.35 bits per heavy atom. The van der Waals surface area contributed by atoms with Crippen molar-refractivity contribution in [2.75, 3.05) is 27.4 Å². The highest BCUT2D eigenvalue weighted by atomic mass is 16.5. The highest BCUT2D eigenvalue weighted by Crippen LogP contribution is 2.26. The fourth-order valence-corrected chi connectivity index (χ4v) is 3.26. The van der Waals surface area contributed by atoms with Gasteiger partial charge in [0.1, 0.15) is 11.5 Å². The zero-order chi connectivity index (χ0) is 22.5. The van der Waals surface area contributed by atoms with Gasteiger partial charge >= 0.3 is 5.97 Å². The fraction of sp³-hybridized carbons (Fsp3) is 0.304. The van der Waals surface area contributed by atoms with Crippen LogP contribution in [0.4, 0.5) is 0 Å². The van der Waals surface area contributed by atoms with Gasteiger partial charge in [0, 0.05) is 12.6 Å². The summed E-state index contributed by atoms with van der Waals surface area (Å²) in [4.78, 5) is 51.0. The third-order valence-electron chi connectivity index (χ3n) is 4.99. The Hall–Kier alpha value is -3.68. The normalized spacial score (nSPS) is 12.5. The van der Waals surface area contributed by atoms with Gasteiger partial charge in [-0.15, -0.1) is 0 Å². The SMILES string of the molecule is CCCCN1C(=O)c2ccc(C(=O)OCC(=O)c3ccc(OC)cc3OC)cc2C1=O. The third kappa shape index (κ3) is 4.42. The summed E-state index contributed by atoms with van der Waals surface area (Å²) in [6.07, 6.45) is 1.55. The van der Waals surface area contributed by atoms with Crippen LogP contribution in [-0.4, -0.2) is 55.8 Å². The van der Waals surface area contributed by atoms with Crippen LogP contribution in [0.25, 0.3) is 0 Å². The highest BCUT2D eigenvalue weighted by molar-refractivity contribution is 6.22. The van der Waals surface area contributed by atoms with E-state index in [9.17, 15) is 19.2 Å². The second-order valence-corrected chi connectivity index (χ2v) is 6.94. The summed E-state index contributed by atoms with van der Waals surface area (Å²) in [6, 6.07) is 8.87. The van der Waals surface area contributed by atoms with Crippen molar-refractivity contribution in [2.24, 2.45) is 0 Å². The van der Waals surface area contributed by atoms with E-state index in [1.807, 2.05) is 6.92 Å². The number of imide groups is 1. The Labute approximate surface area is 179 Å². The molecule has 2 aromatic rings. The lowest BCUT2D eigenvalue weighted by Crippen LogP contribution is -2.30. The van der Waals surface area contributed by atoms with Crippen molar-refractivity contribution in [1.29, 1.82) is 0 Å². The van der Waals surface area contributed by atoms with Gasteiger partial charge in [-0.25, -0.2) is 4.79 Å². The van der Waals surface area contributed by atoms with Gasteiger partial charge in [-0.2, -0.15) is 0 Å². The van der Waals surface area contributed by atoms with Gasteiger partial charge in [0.25, 0.3) is 11.8 Å². The van der Waals surface area contributed by atoms with Crippen molar-refractivity contribution in [3.8, 4) is 11.5 Å². The van der Waals surface area contributed by atoms with E-state index in [1.165, 1.54) is 43.4 Å². The molecule has 0 fully saturated rings. The average Bonchev–Trinajstić information content (AvgIpc) is 3.04. The lowest BCUT2D eigenvalue weighted by molar-refractivity contribution is 0.0473. The van der Waals surface area contributed by atoms with Crippen molar-refractivity contribution in [3.05, 3.63) is 58.7 Å². The molecule has 2 aromatic carbocycles.